The zero-order valence-corrected chi connectivity index (χ0v) is 12.2. The maximum absolute atomic E-state index is 14.0. The predicted molar refractivity (Wildman–Crippen MR) is 79.0 cm³/mol. The summed E-state index contributed by atoms with van der Waals surface area (Å²) in [6, 6.07) is 4.62. The van der Waals surface area contributed by atoms with Crippen LogP contribution >= 0.6 is 0 Å². The molecule has 4 nitrogen and oxygen atoms in total. The van der Waals surface area contributed by atoms with E-state index in [2.05, 4.69) is 5.10 Å². The van der Waals surface area contributed by atoms with Crippen LogP contribution in [0.5, 0.6) is 0 Å². The molecule has 2 aromatic rings. The van der Waals surface area contributed by atoms with E-state index in [1.165, 1.54) is 12.1 Å². The summed E-state index contributed by atoms with van der Waals surface area (Å²) in [6.07, 6.45) is 3.02. The standard InChI is InChI=1S/C16H17FN2O2/c1-4-12-10(2)18-19(11(12)3)15-7-5-6-14(17)13(15)8-9-16(20)21/h5-9H,4H2,1-3H3,(H,20,21)/b9-8+. The number of aromatic nitrogens is 2. The summed E-state index contributed by atoms with van der Waals surface area (Å²) in [6.45, 7) is 5.88. The van der Waals surface area contributed by atoms with Gasteiger partial charge in [-0.05, 0) is 44.0 Å². The van der Waals surface area contributed by atoms with Crippen LogP contribution in [0.25, 0.3) is 11.8 Å². The van der Waals surface area contributed by atoms with E-state index >= 15 is 0 Å². The number of halogens is 1. The van der Waals surface area contributed by atoms with Crippen molar-refractivity contribution >= 4 is 12.0 Å². The SMILES string of the molecule is CCc1c(C)nn(-c2cccc(F)c2/C=C/C(=O)O)c1C. The van der Waals surface area contributed by atoms with Crippen LogP contribution in [0.2, 0.25) is 0 Å². The lowest BCUT2D eigenvalue weighted by Crippen LogP contribution is -2.04. The summed E-state index contributed by atoms with van der Waals surface area (Å²) < 4.78 is 15.7. The van der Waals surface area contributed by atoms with E-state index in [4.69, 9.17) is 5.11 Å². The van der Waals surface area contributed by atoms with E-state index in [0.717, 1.165) is 29.4 Å². The molecule has 1 aromatic carbocycles. The van der Waals surface area contributed by atoms with E-state index < -0.39 is 11.8 Å². The molecule has 0 aliphatic rings. The van der Waals surface area contributed by atoms with Gasteiger partial charge in [0.25, 0.3) is 0 Å². The van der Waals surface area contributed by atoms with Gasteiger partial charge in [-0.25, -0.2) is 13.9 Å². The lowest BCUT2D eigenvalue weighted by atomic mass is 10.1. The van der Waals surface area contributed by atoms with Gasteiger partial charge in [-0.2, -0.15) is 5.10 Å². The third-order valence-corrected chi connectivity index (χ3v) is 3.45. The van der Waals surface area contributed by atoms with Crippen molar-refractivity contribution in [2.45, 2.75) is 27.2 Å². The molecule has 1 heterocycles. The summed E-state index contributed by atoms with van der Waals surface area (Å²) in [4.78, 5) is 10.7. The molecule has 2 rings (SSSR count). The molecular weight excluding hydrogens is 271 g/mol. The highest BCUT2D eigenvalue weighted by Gasteiger charge is 2.15. The van der Waals surface area contributed by atoms with Crippen LogP contribution in [0.4, 0.5) is 4.39 Å². The van der Waals surface area contributed by atoms with Crippen LogP contribution in [0, 0.1) is 19.7 Å². The van der Waals surface area contributed by atoms with Crippen molar-refractivity contribution < 1.29 is 14.3 Å². The monoisotopic (exact) mass is 288 g/mol. The molecule has 0 radical (unpaired) electrons. The van der Waals surface area contributed by atoms with Gasteiger partial charge >= 0.3 is 5.97 Å². The van der Waals surface area contributed by atoms with Crippen LogP contribution in [0.3, 0.4) is 0 Å². The summed E-state index contributed by atoms with van der Waals surface area (Å²) >= 11 is 0. The lowest BCUT2D eigenvalue weighted by Gasteiger charge is -2.09. The molecular formula is C16H17FN2O2. The Kier molecular flexibility index (Phi) is 4.21. The second kappa shape index (κ2) is 5.91. The number of nitrogens with zero attached hydrogens (tertiary/aromatic N) is 2. The molecule has 0 aliphatic heterocycles. The molecule has 0 unspecified atom stereocenters. The molecule has 0 saturated carbocycles. The zero-order chi connectivity index (χ0) is 15.6. The molecule has 21 heavy (non-hydrogen) atoms. The van der Waals surface area contributed by atoms with E-state index in [0.29, 0.717) is 5.69 Å². The number of aliphatic carboxylic acids is 1. The Morgan fingerprint density at radius 3 is 2.71 bits per heavy atom. The van der Waals surface area contributed by atoms with Crippen molar-refractivity contribution in [3.8, 4) is 5.69 Å². The van der Waals surface area contributed by atoms with Gasteiger partial charge in [0.05, 0.1) is 11.4 Å². The van der Waals surface area contributed by atoms with Gasteiger partial charge in [0.15, 0.2) is 0 Å². The number of hydrogen-bond acceptors (Lipinski definition) is 2. The van der Waals surface area contributed by atoms with Gasteiger partial charge in [0.2, 0.25) is 0 Å². The number of carbonyl (C=O) groups is 1. The Hall–Kier alpha value is -2.43. The first-order valence-corrected chi connectivity index (χ1v) is 6.70. The summed E-state index contributed by atoms with van der Waals surface area (Å²) in [7, 11) is 0. The topological polar surface area (TPSA) is 55.1 Å². The van der Waals surface area contributed by atoms with Gasteiger partial charge in [-0.3, -0.25) is 0 Å². The number of carboxylic acids is 1. The molecule has 0 saturated heterocycles. The Balaban J connectivity index is 2.64. The molecule has 110 valence electrons. The Morgan fingerprint density at radius 1 is 1.43 bits per heavy atom. The number of carboxylic acid groups (broad SMARTS) is 1. The predicted octanol–water partition coefficient (Wildman–Crippen LogP) is 3.29. The zero-order valence-electron chi connectivity index (χ0n) is 12.2. The highest BCUT2D eigenvalue weighted by atomic mass is 19.1. The van der Waals surface area contributed by atoms with E-state index in [1.807, 2.05) is 20.8 Å². The van der Waals surface area contributed by atoms with Crippen LogP contribution < -0.4 is 0 Å². The maximum atomic E-state index is 14.0. The average Bonchev–Trinajstić information content (AvgIpc) is 2.71. The van der Waals surface area contributed by atoms with Crippen molar-refractivity contribution in [1.29, 1.82) is 0 Å². The molecule has 0 atom stereocenters. The van der Waals surface area contributed by atoms with Crippen LogP contribution in [-0.4, -0.2) is 20.9 Å². The smallest absolute Gasteiger partial charge is 0.328 e. The Morgan fingerprint density at radius 2 is 2.14 bits per heavy atom. The molecule has 5 heteroatoms. The fourth-order valence-corrected chi connectivity index (χ4v) is 2.45. The minimum Gasteiger partial charge on any atom is -0.478 e. The van der Waals surface area contributed by atoms with Gasteiger partial charge in [-0.15, -0.1) is 0 Å². The van der Waals surface area contributed by atoms with E-state index in [9.17, 15) is 9.18 Å². The van der Waals surface area contributed by atoms with Crippen LogP contribution in [-0.2, 0) is 11.2 Å². The van der Waals surface area contributed by atoms with Gasteiger partial charge in [0, 0.05) is 17.3 Å². The fraction of sp³-hybridized carbons (Fsp3) is 0.250. The van der Waals surface area contributed by atoms with Crippen molar-refractivity contribution in [3.05, 3.63) is 52.6 Å². The number of aryl methyl sites for hydroxylation is 1. The van der Waals surface area contributed by atoms with Crippen LogP contribution in [0.15, 0.2) is 24.3 Å². The number of rotatable bonds is 4. The molecule has 1 N–H and O–H groups in total. The first-order valence-electron chi connectivity index (χ1n) is 6.70. The quantitative estimate of drug-likeness (QED) is 0.878. The Bertz CT molecular complexity index is 717. The molecule has 0 spiro atoms. The first kappa shape index (κ1) is 15.0. The third kappa shape index (κ3) is 2.86. The van der Waals surface area contributed by atoms with Crippen molar-refractivity contribution in [2.24, 2.45) is 0 Å². The molecule has 0 bridgehead atoms. The highest BCUT2D eigenvalue weighted by molar-refractivity contribution is 5.86. The van der Waals surface area contributed by atoms with Crippen molar-refractivity contribution in [3.63, 3.8) is 0 Å². The largest absolute Gasteiger partial charge is 0.478 e. The lowest BCUT2D eigenvalue weighted by molar-refractivity contribution is -0.131. The fourth-order valence-electron chi connectivity index (χ4n) is 2.45. The van der Waals surface area contributed by atoms with Crippen LogP contribution in [0.1, 0.15) is 29.4 Å². The second-order valence-corrected chi connectivity index (χ2v) is 4.76. The van der Waals surface area contributed by atoms with Crippen molar-refractivity contribution in [1.82, 2.24) is 9.78 Å². The van der Waals surface area contributed by atoms with E-state index in [1.54, 1.807) is 16.8 Å². The normalized spacial score (nSPS) is 11.2. The Labute approximate surface area is 122 Å². The van der Waals surface area contributed by atoms with Gasteiger partial charge < -0.3 is 5.11 Å². The minimum absolute atomic E-state index is 0.216. The first-order chi connectivity index (χ1) is 9.95. The third-order valence-electron chi connectivity index (χ3n) is 3.45. The van der Waals surface area contributed by atoms with E-state index in [-0.39, 0.29) is 5.56 Å². The maximum Gasteiger partial charge on any atom is 0.328 e. The molecule has 0 amide bonds. The summed E-state index contributed by atoms with van der Waals surface area (Å²) in [5, 5.41) is 13.2. The summed E-state index contributed by atoms with van der Waals surface area (Å²) in [5.41, 5.74) is 3.70. The highest BCUT2D eigenvalue weighted by Crippen LogP contribution is 2.24. The number of benzene rings is 1. The number of hydrogen-bond donors (Lipinski definition) is 1. The van der Waals surface area contributed by atoms with Gasteiger partial charge in [-0.1, -0.05) is 13.0 Å². The second-order valence-electron chi connectivity index (χ2n) is 4.76. The minimum atomic E-state index is -1.12. The summed E-state index contributed by atoms with van der Waals surface area (Å²) in [5.74, 6) is -1.59. The van der Waals surface area contributed by atoms with Crippen molar-refractivity contribution in [2.75, 3.05) is 0 Å². The van der Waals surface area contributed by atoms with Gasteiger partial charge in [0.1, 0.15) is 5.82 Å². The molecule has 1 aromatic heterocycles. The molecule has 0 fully saturated rings. The average molecular weight is 288 g/mol. The molecule has 0 aliphatic carbocycles.